The van der Waals surface area contributed by atoms with Crippen molar-refractivity contribution in [2.24, 2.45) is 0 Å². The number of carboxylic acid groups (broad SMARTS) is 1. The van der Waals surface area contributed by atoms with Crippen molar-refractivity contribution in [3.8, 4) is 0 Å². The van der Waals surface area contributed by atoms with Crippen molar-refractivity contribution in [1.82, 2.24) is 4.98 Å². The van der Waals surface area contributed by atoms with Crippen LogP contribution in [-0.4, -0.2) is 35.7 Å². The Morgan fingerprint density at radius 1 is 1.42 bits per heavy atom. The molecule has 0 aliphatic heterocycles. The van der Waals surface area contributed by atoms with Crippen molar-refractivity contribution in [3.05, 3.63) is 10.6 Å². The lowest BCUT2D eigenvalue weighted by Gasteiger charge is -2.09. The van der Waals surface area contributed by atoms with E-state index in [1.54, 1.807) is 0 Å². The number of aromatic nitrogens is 1. The molecule has 106 valence electrons. The fraction of sp³-hybridized carbons (Fsp3) is 0.583. The van der Waals surface area contributed by atoms with Gasteiger partial charge in [0.05, 0.1) is 5.69 Å². The van der Waals surface area contributed by atoms with E-state index in [1.807, 2.05) is 13.8 Å². The number of hydrogen-bond donors (Lipinski definition) is 2. The molecule has 7 heteroatoms. The summed E-state index contributed by atoms with van der Waals surface area (Å²) in [5, 5.41) is 12.0. The summed E-state index contributed by atoms with van der Waals surface area (Å²) in [7, 11) is 1.42. The number of anilines is 1. The zero-order valence-corrected chi connectivity index (χ0v) is 12.0. The molecule has 1 heterocycles. The number of nitrogens with zero attached hydrogens (tertiary/aromatic N) is 1. The average molecular weight is 286 g/mol. The fourth-order valence-corrected chi connectivity index (χ4v) is 2.68. The Kier molecular flexibility index (Phi) is 5.91. The Hall–Kier alpha value is -1.47. The SMILES string of the molecule is CCC(CC)c1nc(NC(=O)COC)sc1C(=O)O. The molecule has 0 saturated carbocycles. The van der Waals surface area contributed by atoms with Gasteiger partial charge in [-0.1, -0.05) is 25.2 Å². The van der Waals surface area contributed by atoms with E-state index in [0.717, 1.165) is 24.2 Å². The molecule has 6 nitrogen and oxygen atoms in total. The van der Waals surface area contributed by atoms with Crippen LogP contribution >= 0.6 is 11.3 Å². The lowest BCUT2D eigenvalue weighted by atomic mass is 9.98. The van der Waals surface area contributed by atoms with Gasteiger partial charge in [-0.2, -0.15) is 0 Å². The molecule has 0 saturated heterocycles. The van der Waals surface area contributed by atoms with Crippen LogP contribution < -0.4 is 5.32 Å². The molecule has 0 fully saturated rings. The molecular weight excluding hydrogens is 268 g/mol. The van der Waals surface area contributed by atoms with Gasteiger partial charge in [0.2, 0.25) is 0 Å². The number of methoxy groups -OCH3 is 1. The van der Waals surface area contributed by atoms with Crippen LogP contribution in [0.3, 0.4) is 0 Å². The highest BCUT2D eigenvalue weighted by Gasteiger charge is 2.23. The zero-order valence-electron chi connectivity index (χ0n) is 11.2. The van der Waals surface area contributed by atoms with Gasteiger partial charge in [-0.25, -0.2) is 9.78 Å². The van der Waals surface area contributed by atoms with E-state index in [0.29, 0.717) is 10.8 Å². The number of carboxylic acids is 1. The van der Waals surface area contributed by atoms with E-state index in [1.165, 1.54) is 7.11 Å². The molecule has 0 aliphatic carbocycles. The molecule has 0 bridgehead atoms. The van der Waals surface area contributed by atoms with Crippen LogP contribution in [0.4, 0.5) is 5.13 Å². The van der Waals surface area contributed by atoms with Crippen molar-refractivity contribution in [2.75, 3.05) is 19.0 Å². The van der Waals surface area contributed by atoms with Gasteiger partial charge in [0.15, 0.2) is 5.13 Å². The van der Waals surface area contributed by atoms with E-state index < -0.39 is 5.97 Å². The second kappa shape index (κ2) is 7.20. The summed E-state index contributed by atoms with van der Waals surface area (Å²) in [5.41, 5.74) is 0.551. The first-order chi connectivity index (χ1) is 9.03. The second-order valence-electron chi connectivity index (χ2n) is 4.03. The maximum Gasteiger partial charge on any atom is 0.347 e. The molecule has 1 amide bonds. The van der Waals surface area contributed by atoms with Crippen LogP contribution in [0, 0.1) is 0 Å². The van der Waals surface area contributed by atoms with Gasteiger partial charge in [0.1, 0.15) is 11.5 Å². The van der Waals surface area contributed by atoms with Crippen LogP contribution in [0.2, 0.25) is 0 Å². The van der Waals surface area contributed by atoms with Gasteiger partial charge in [-0.05, 0) is 12.8 Å². The fourth-order valence-electron chi connectivity index (χ4n) is 1.78. The first kappa shape index (κ1) is 15.6. The molecule has 1 rings (SSSR count). The molecule has 0 aromatic carbocycles. The third kappa shape index (κ3) is 4.00. The second-order valence-corrected chi connectivity index (χ2v) is 5.03. The van der Waals surface area contributed by atoms with Crippen molar-refractivity contribution in [2.45, 2.75) is 32.6 Å². The highest BCUT2D eigenvalue weighted by Crippen LogP contribution is 2.32. The lowest BCUT2D eigenvalue weighted by Crippen LogP contribution is -2.17. The Labute approximate surface area is 115 Å². The van der Waals surface area contributed by atoms with E-state index in [9.17, 15) is 14.7 Å². The molecule has 0 radical (unpaired) electrons. The molecule has 19 heavy (non-hydrogen) atoms. The maximum absolute atomic E-state index is 11.4. The first-order valence-electron chi connectivity index (χ1n) is 6.06. The number of rotatable bonds is 7. The summed E-state index contributed by atoms with van der Waals surface area (Å²) in [6.07, 6.45) is 1.62. The molecule has 1 aromatic rings. The van der Waals surface area contributed by atoms with Gasteiger partial charge in [0.25, 0.3) is 5.91 Å². The van der Waals surface area contributed by atoms with Crippen LogP contribution in [-0.2, 0) is 9.53 Å². The Balaban J connectivity index is 3.00. The lowest BCUT2D eigenvalue weighted by molar-refractivity contribution is -0.119. The average Bonchev–Trinajstić information content (AvgIpc) is 2.75. The van der Waals surface area contributed by atoms with Gasteiger partial charge >= 0.3 is 5.97 Å². The topological polar surface area (TPSA) is 88.5 Å². The number of aromatic carboxylic acids is 1. The van der Waals surface area contributed by atoms with Crippen molar-refractivity contribution in [3.63, 3.8) is 0 Å². The molecule has 0 atom stereocenters. The van der Waals surface area contributed by atoms with E-state index in [4.69, 9.17) is 4.74 Å². The molecule has 0 unspecified atom stereocenters. The maximum atomic E-state index is 11.4. The Bertz CT molecular complexity index is 455. The van der Waals surface area contributed by atoms with Crippen molar-refractivity contribution >= 4 is 28.3 Å². The summed E-state index contributed by atoms with van der Waals surface area (Å²) in [6.45, 7) is 3.90. The van der Waals surface area contributed by atoms with E-state index in [-0.39, 0.29) is 23.3 Å². The number of amides is 1. The number of carbonyl (C=O) groups excluding carboxylic acids is 1. The summed E-state index contributed by atoms with van der Waals surface area (Å²) >= 11 is 0.983. The molecule has 0 aliphatic rings. The smallest absolute Gasteiger partial charge is 0.347 e. The number of ether oxygens (including phenoxy) is 1. The van der Waals surface area contributed by atoms with Crippen LogP contribution in [0.5, 0.6) is 0 Å². The predicted molar refractivity (Wildman–Crippen MR) is 72.9 cm³/mol. The van der Waals surface area contributed by atoms with E-state index >= 15 is 0 Å². The minimum atomic E-state index is -1.01. The molecule has 2 N–H and O–H groups in total. The summed E-state index contributed by atoms with van der Waals surface area (Å²) < 4.78 is 4.70. The van der Waals surface area contributed by atoms with Gasteiger partial charge < -0.3 is 9.84 Å². The standard InChI is InChI=1S/C12H18N2O4S/c1-4-7(5-2)9-10(11(16)17)19-12(14-9)13-8(15)6-18-3/h7H,4-6H2,1-3H3,(H,16,17)(H,13,14,15). The minimum absolute atomic E-state index is 0.0810. The first-order valence-corrected chi connectivity index (χ1v) is 6.87. The molecule has 0 spiro atoms. The Morgan fingerprint density at radius 3 is 2.53 bits per heavy atom. The number of hydrogen-bond acceptors (Lipinski definition) is 5. The van der Waals surface area contributed by atoms with E-state index in [2.05, 4.69) is 10.3 Å². The third-order valence-corrected chi connectivity index (χ3v) is 3.72. The number of carbonyl (C=O) groups is 2. The summed E-state index contributed by atoms with van der Waals surface area (Å²) in [4.78, 5) is 27.1. The van der Waals surface area contributed by atoms with Crippen molar-refractivity contribution < 1.29 is 19.4 Å². The summed E-state index contributed by atoms with van der Waals surface area (Å²) in [5.74, 6) is -1.26. The zero-order chi connectivity index (χ0) is 14.4. The van der Waals surface area contributed by atoms with Crippen LogP contribution in [0.25, 0.3) is 0 Å². The van der Waals surface area contributed by atoms with Crippen LogP contribution in [0.1, 0.15) is 48.0 Å². The third-order valence-electron chi connectivity index (χ3n) is 2.74. The van der Waals surface area contributed by atoms with Gasteiger partial charge in [-0.15, -0.1) is 0 Å². The van der Waals surface area contributed by atoms with Crippen molar-refractivity contribution in [1.29, 1.82) is 0 Å². The quantitative estimate of drug-likeness (QED) is 0.803. The highest BCUT2D eigenvalue weighted by molar-refractivity contribution is 7.17. The largest absolute Gasteiger partial charge is 0.477 e. The van der Waals surface area contributed by atoms with Crippen LogP contribution in [0.15, 0.2) is 0 Å². The number of thiazole rings is 1. The monoisotopic (exact) mass is 286 g/mol. The van der Waals surface area contributed by atoms with Gasteiger partial charge in [0, 0.05) is 13.0 Å². The highest BCUT2D eigenvalue weighted by atomic mass is 32.1. The normalized spacial score (nSPS) is 10.7. The predicted octanol–water partition coefficient (Wildman–Crippen LogP) is 2.33. The molecular formula is C12H18N2O4S. The molecule has 1 aromatic heterocycles. The van der Waals surface area contributed by atoms with Gasteiger partial charge in [-0.3, -0.25) is 10.1 Å². The summed E-state index contributed by atoms with van der Waals surface area (Å²) in [6, 6.07) is 0. The Morgan fingerprint density at radius 2 is 2.05 bits per heavy atom. The number of nitrogens with one attached hydrogen (secondary N) is 1. The minimum Gasteiger partial charge on any atom is -0.477 e.